The average Bonchev–Trinajstić information content (AvgIpc) is 3.04. The summed E-state index contributed by atoms with van der Waals surface area (Å²) in [6, 6.07) is 12.6. The number of aromatic nitrogens is 2. The maximum Gasteiger partial charge on any atom is 0.289 e. The number of H-pyrrole nitrogens is 1. The van der Waals surface area contributed by atoms with Crippen LogP contribution in [0, 0.1) is 0 Å². The van der Waals surface area contributed by atoms with Crippen molar-refractivity contribution in [2.75, 3.05) is 0 Å². The predicted molar refractivity (Wildman–Crippen MR) is 79.3 cm³/mol. The van der Waals surface area contributed by atoms with Crippen molar-refractivity contribution in [1.29, 1.82) is 0 Å². The molecule has 0 spiro atoms. The van der Waals surface area contributed by atoms with Gasteiger partial charge in [0.05, 0.1) is 6.21 Å². The van der Waals surface area contributed by atoms with Crippen molar-refractivity contribution in [3.05, 3.63) is 59.9 Å². The number of carbonyl (C=O) groups excluding carboxylic acids is 1. The highest BCUT2D eigenvalue weighted by Gasteiger charge is 2.06. The topological polar surface area (TPSA) is 90.4 Å². The van der Waals surface area contributed by atoms with Gasteiger partial charge < -0.3 is 5.11 Å². The highest BCUT2D eigenvalue weighted by molar-refractivity contribution is 6.02. The minimum absolute atomic E-state index is 0.105. The lowest BCUT2D eigenvalue weighted by Gasteiger charge is -2.04. The molecular formula is C15H12N4O2. The Morgan fingerprint density at radius 1 is 1.24 bits per heavy atom. The third-order valence-electron chi connectivity index (χ3n) is 3.05. The predicted octanol–water partition coefficient (Wildman–Crippen LogP) is 2.03. The van der Waals surface area contributed by atoms with Crippen molar-refractivity contribution in [2.45, 2.75) is 0 Å². The van der Waals surface area contributed by atoms with Gasteiger partial charge in [-0.1, -0.05) is 30.3 Å². The number of phenols is 1. The van der Waals surface area contributed by atoms with Gasteiger partial charge in [-0.3, -0.25) is 9.89 Å². The van der Waals surface area contributed by atoms with E-state index in [1.165, 1.54) is 12.4 Å². The van der Waals surface area contributed by atoms with Crippen LogP contribution in [0.4, 0.5) is 0 Å². The molecule has 3 rings (SSSR count). The highest BCUT2D eigenvalue weighted by Crippen LogP contribution is 2.25. The molecule has 1 amide bonds. The maximum atomic E-state index is 11.7. The lowest BCUT2D eigenvalue weighted by atomic mass is 10.0. The molecule has 0 aliphatic rings. The second-order valence-corrected chi connectivity index (χ2v) is 4.39. The molecule has 2 aromatic carbocycles. The number of aromatic amines is 1. The van der Waals surface area contributed by atoms with Crippen LogP contribution >= 0.6 is 0 Å². The number of nitrogens with zero attached hydrogens (tertiary/aromatic N) is 2. The normalized spacial score (nSPS) is 11.0. The van der Waals surface area contributed by atoms with Crippen LogP contribution in [0.5, 0.6) is 5.75 Å². The number of hydrogen-bond donors (Lipinski definition) is 3. The Morgan fingerprint density at radius 3 is 2.90 bits per heavy atom. The second kappa shape index (κ2) is 5.46. The average molecular weight is 280 g/mol. The summed E-state index contributed by atoms with van der Waals surface area (Å²) in [4.78, 5) is 11.7. The van der Waals surface area contributed by atoms with E-state index in [9.17, 15) is 9.90 Å². The molecule has 0 aliphatic heterocycles. The number of rotatable bonds is 3. The fourth-order valence-corrected chi connectivity index (χ4v) is 2.02. The zero-order valence-electron chi connectivity index (χ0n) is 10.9. The van der Waals surface area contributed by atoms with Gasteiger partial charge in [0.25, 0.3) is 5.91 Å². The number of hydrazone groups is 1. The van der Waals surface area contributed by atoms with Gasteiger partial charge in [0.1, 0.15) is 11.4 Å². The van der Waals surface area contributed by atoms with Gasteiger partial charge in [0.2, 0.25) is 0 Å². The van der Waals surface area contributed by atoms with Gasteiger partial charge in [0.15, 0.2) is 0 Å². The quantitative estimate of drug-likeness (QED) is 0.506. The van der Waals surface area contributed by atoms with E-state index in [1.54, 1.807) is 12.1 Å². The van der Waals surface area contributed by atoms with E-state index in [2.05, 4.69) is 20.7 Å². The van der Waals surface area contributed by atoms with Crippen molar-refractivity contribution >= 4 is 22.9 Å². The minimum Gasteiger partial charge on any atom is -0.507 e. The minimum atomic E-state index is -0.400. The molecule has 21 heavy (non-hydrogen) atoms. The van der Waals surface area contributed by atoms with E-state index in [0.717, 1.165) is 10.8 Å². The lowest BCUT2D eigenvalue weighted by molar-refractivity contribution is 0.0950. The van der Waals surface area contributed by atoms with E-state index in [-0.39, 0.29) is 5.75 Å². The summed E-state index contributed by atoms with van der Waals surface area (Å²) >= 11 is 0. The summed E-state index contributed by atoms with van der Waals surface area (Å²) in [5.41, 5.74) is 3.24. The van der Waals surface area contributed by atoms with Crippen LogP contribution < -0.4 is 5.43 Å². The van der Waals surface area contributed by atoms with Gasteiger partial charge in [0, 0.05) is 11.8 Å². The molecule has 1 aromatic heterocycles. The summed E-state index contributed by atoms with van der Waals surface area (Å²) in [6.45, 7) is 0. The molecule has 6 heteroatoms. The number of amides is 1. The Hall–Kier alpha value is -3.15. The Balaban J connectivity index is 1.86. The van der Waals surface area contributed by atoms with E-state index in [0.29, 0.717) is 11.3 Å². The molecule has 6 nitrogen and oxygen atoms in total. The number of carbonyl (C=O) groups is 1. The molecule has 0 radical (unpaired) electrons. The first-order chi connectivity index (χ1) is 10.3. The summed E-state index contributed by atoms with van der Waals surface area (Å²) in [7, 11) is 0. The lowest BCUT2D eigenvalue weighted by Crippen LogP contribution is -2.18. The van der Waals surface area contributed by atoms with Crippen LogP contribution in [-0.4, -0.2) is 27.4 Å². The van der Waals surface area contributed by atoms with Crippen molar-refractivity contribution < 1.29 is 9.90 Å². The summed E-state index contributed by atoms with van der Waals surface area (Å²) in [6.07, 6.45) is 2.90. The highest BCUT2D eigenvalue weighted by atomic mass is 16.3. The van der Waals surface area contributed by atoms with Crippen molar-refractivity contribution in [3.63, 3.8) is 0 Å². The number of hydrogen-bond acceptors (Lipinski definition) is 4. The van der Waals surface area contributed by atoms with E-state index >= 15 is 0 Å². The molecule has 3 aromatic rings. The molecule has 0 atom stereocenters. The number of nitrogens with one attached hydrogen (secondary N) is 2. The molecule has 1 heterocycles. The molecule has 0 bridgehead atoms. The van der Waals surface area contributed by atoms with Gasteiger partial charge in [-0.05, 0) is 22.9 Å². The Bertz CT molecular complexity index is 810. The third kappa shape index (κ3) is 2.59. The summed E-state index contributed by atoms with van der Waals surface area (Å²) in [5, 5.41) is 21.9. The van der Waals surface area contributed by atoms with Crippen LogP contribution in [0.2, 0.25) is 0 Å². The first-order valence-electron chi connectivity index (χ1n) is 6.29. The van der Waals surface area contributed by atoms with Crippen molar-refractivity contribution in [2.24, 2.45) is 5.10 Å². The van der Waals surface area contributed by atoms with E-state index in [1.807, 2.05) is 30.3 Å². The molecule has 3 N–H and O–H groups in total. The number of fused-ring (bicyclic) bond motifs is 1. The Morgan fingerprint density at radius 2 is 2.10 bits per heavy atom. The number of aromatic hydroxyl groups is 1. The summed E-state index contributed by atoms with van der Waals surface area (Å²) in [5.74, 6) is -0.295. The first-order valence-corrected chi connectivity index (χ1v) is 6.29. The summed E-state index contributed by atoms with van der Waals surface area (Å²) < 4.78 is 0. The largest absolute Gasteiger partial charge is 0.507 e. The Labute approximate surface area is 120 Å². The molecule has 0 saturated heterocycles. The zero-order valence-corrected chi connectivity index (χ0v) is 10.9. The number of benzene rings is 2. The standard InChI is InChI=1S/C15H12N4O2/c20-14-6-5-10-3-1-2-4-11(10)12(14)9-17-19-15(21)13-7-8-16-18-13/h1-9,20H,(H,16,18)(H,19,21). The van der Waals surface area contributed by atoms with Crippen molar-refractivity contribution in [3.8, 4) is 5.75 Å². The fraction of sp³-hybridized carbons (Fsp3) is 0. The molecule has 0 aliphatic carbocycles. The fourth-order valence-electron chi connectivity index (χ4n) is 2.02. The zero-order chi connectivity index (χ0) is 14.7. The van der Waals surface area contributed by atoms with Crippen LogP contribution in [0.3, 0.4) is 0 Å². The van der Waals surface area contributed by atoms with Crippen LogP contribution in [-0.2, 0) is 0 Å². The third-order valence-corrected chi connectivity index (χ3v) is 3.05. The molecule has 0 unspecified atom stereocenters. The van der Waals surface area contributed by atoms with Gasteiger partial charge in [-0.15, -0.1) is 0 Å². The number of phenolic OH excluding ortho intramolecular Hbond substituents is 1. The maximum absolute atomic E-state index is 11.7. The van der Waals surface area contributed by atoms with Crippen LogP contribution in [0.15, 0.2) is 53.8 Å². The Kier molecular flexibility index (Phi) is 3.34. The molecule has 104 valence electrons. The van der Waals surface area contributed by atoms with E-state index in [4.69, 9.17) is 0 Å². The van der Waals surface area contributed by atoms with E-state index < -0.39 is 5.91 Å². The molecular weight excluding hydrogens is 268 g/mol. The molecule has 0 saturated carbocycles. The molecule has 0 fully saturated rings. The SMILES string of the molecule is O=C(NN=Cc1c(O)ccc2ccccc12)c1ccn[nH]1. The van der Waals surface area contributed by atoms with Crippen molar-refractivity contribution in [1.82, 2.24) is 15.6 Å². The van der Waals surface area contributed by atoms with Crippen LogP contribution in [0.1, 0.15) is 16.1 Å². The van der Waals surface area contributed by atoms with Gasteiger partial charge >= 0.3 is 0 Å². The monoisotopic (exact) mass is 280 g/mol. The first kappa shape index (κ1) is 12.9. The van der Waals surface area contributed by atoms with Gasteiger partial charge in [-0.2, -0.15) is 10.2 Å². The second-order valence-electron chi connectivity index (χ2n) is 4.39. The van der Waals surface area contributed by atoms with Crippen LogP contribution in [0.25, 0.3) is 10.8 Å². The smallest absolute Gasteiger partial charge is 0.289 e. The van der Waals surface area contributed by atoms with Gasteiger partial charge in [-0.25, -0.2) is 5.43 Å².